The highest BCUT2D eigenvalue weighted by Crippen LogP contribution is 2.27. The van der Waals surface area contributed by atoms with Crippen molar-refractivity contribution in [2.24, 2.45) is 0 Å². The fourth-order valence-electron chi connectivity index (χ4n) is 2.26. The second-order valence-corrected chi connectivity index (χ2v) is 7.20. The Hall–Kier alpha value is -1.93. The summed E-state index contributed by atoms with van der Waals surface area (Å²) in [5.74, 6) is -0.621. The van der Waals surface area contributed by atoms with Crippen LogP contribution in [0, 0.1) is 12.7 Å². The van der Waals surface area contributed by atoms with Gasteiger partial charge in [-0.25, -0.2) is 22.1 Å². The first-order valence-electron chi connectivity index (χ1n) is 7.13. The van der Waals surface area contributed by atoms with Crippen LogP contribution in [-0.2, 0) is 16.6 Å². The van der Waals surface area contributed by atoms with Gasteiger partial charge in [0.2, 0.25) is 10.0 Å². The molecule has 1 aromatic carbocycles. The number of methoxy groups -OCH3 is 1. The van der Waals surface area contributed by atoms with Gasteiger partial charge in [-0.15, -0.1) is 0 Å². The van der Waals surface area contributed by atoms with Gasteiger partial charge in [-0.3, -0.25) is 0 Å². The number of rotatable bonds is 7. The first kappa shape index (κ1) is 17.4. The van der Waals surface area contributed by atoms with E-state index in [1.54, 1.807) is 12.5 Å². The lowest BCUT2D eigenvalue weighted by atomic mass is 10.2. The molecule has 2 rings (SSSR count). The summed E-state index contributed by atoms with van der Waals surface area (Å²) >= 11 is 0. The normalized spacial score (nSPS) is 11.9. The number of aryl methyl sites for hydroxylation is 1. The molecular formula is C15H20FN3O3S. The summed E-state index contributed by atoms with van der Waals surface area (Å²) in [6, 6.07) is 2.70. The Balaban J connectivity index is 2.12. The van der Waals surface area contributed by atoms with Crippen LogP contribution in [0.1, 0.15) is 12.0 Å². The van der Waals surface area contributed by atoms with E-state index in [9.17, 15) is 12.8 Å². The maximum Gasteiger partial charge on any atom is 0.243 e. The van der Waals surface area contributed by atoms with E-state index in [2.05, 4.69) is 4.98 Å². The fourth-order valence-corrected chi connectivity index (χ4v) is 3.68. The van der Waals surface area contributed by atoms with Gasteiger partial charge in [0, 0.05) is 38.1 Å². The maximum absolute atomic E-state index is 14.1. The van der Waals surface area contributed by atoms with Crippen molar-refractivity contribution in [1.82, 2.24) is 13.9 Å². The highest BCUT2D eigenvalue weighted by atomic mass is 32.2. The number of nitrogens with zero attached hydrogens (tertiary/aromatic N) is 3. The van der Waals surface area contributed by atoms with Crippen LogP contribution in [0.5, 0.6) is 5.75 Å². The number of ether oxygens (including phenoxy) is 1. The number of aromatic nitrogens is 2. The topological polar surface area (TPSA) is 64.4 Å². The van der Waals surface area contributed by atoms with Gasteiger partial charge in [-0.05, 0) is 25.5 Å². The van der Waals surface area contributed by atoms with E-state index >= 15 is 0 Å². The first-order valence-corrected chi connectivity index (χ1v) is 8.57. The van der Waals surface area contributed by atoms with Crippen LogP contribution < -0.4 is 4.74 Å². The van der Waals surface area contributed by atoms with Gasteiger partial charge in [0.1, 0.15) is 0 Å². The summed E-state index contributed by atoms with van der Waals surface area (Å²) < 4.78 is 47.2. The number of benzene rings is 1. The highest BCUT2D eigenvalue weighted by molar-refractivity contribution is 7.89. The molecule has 0 saturated carbocycles. The van der Waals surface area contributed by atoms with Crippen molar-refractivity contribution in [3.8, 4) is 5.75 Å². The highest BCUT2D eigenvalue weighted by Gasteiger charge is 2.25. The van der Waals surface area contributed by atoms with Gasteiger partial charge in [0.15, 0.2) is 11.6 Å². The van der Waals surface area contributed by atoms with Crippen molar-refractivity contribution in [1.29, 1.82) is 0 Å². The van der Waals surface area contributed by atoms with Gasteiger partial charge < -0.3 is 9.30 Å². The molecule has 0 radical (unpaired) electrons. The minimum absolute atomic E-state index is 0.0317. The van der Waals surface area contributed by atoms with Gasteiger partial charge in [0.05, 0.1) is 18.3 Å². The predicted octanol–water partition coefficient (Wildman–Crippen LogP) is 2.05. The molecule has 1 aromatic heterocycles. The van der Waals surface area contributed by atoms with E-state index in [0.29, 0.717) is 19.5 Å². The largest absolute Gasteiger partial charge is 0.494 e. The third-order valence-electron chi connectivity index (χ3n) is 3.66. The van der Waals surface area contributed by atoms with Crippen LogP contribution in [0.3, 0.4) is 0 Å². The zero-order valence-corrected chi connectivity index (χ0v) is 14.2. The molecule has 126 valence electrons. The zero-order valence-electron chi connectivity index (χ0n) is 13.4. The van der Waals surface area contributed by atoms with E-state index in [1.807, 2.05) is 10.8 Å². The van der Waals surface area contributed by atoms with Crippen LogP contribution >= 0.6 is 0 Å². The quantitative estimate of drug-likeness (QED) is 0.773. The number of hydrogen-bond donors (Lipinski definition) is 0. The van der Waals surface area contributed by atoms with Crippen LogP contribution in [0.4, 0.5) is 4.39 Å². The molecule has 0 N–H and O–H groups in total. The molecular weight excluding hydrogens is 321 g/mol. The van der Waals surface area contributed by atoms with Crippen LogP contribution in [0.15, 0.2) is 35.7 Å². The van der Waals surface area contributed by atoms with Gasteiger partial charge in [-0.2, -0.15) is 0 Å². The van der Waals surface area contributed by atoms with Gasteiger partial charge in [-0.1, -0.05) is 0 Å². The third kappa shape index (κ3) is 3.70. The molecule has 0 atom stereocenters. The smallest absolute Gasteiger partial charge is 0.243 e. The molecule has 0 aliphatic heterocycles. The lowest BCUT2D eigenvalue weighted by Crippen LogP contribution is -2.29. The van der Waals surface area contributed by atoms with E-state index in [4.69, 9.17) is 4.74 Å². The summed E-state index contributed by atoms with van der Waals surface area (Å²) in [5, 5.41) is 0. The standard InChI is InChI=1S/C15H20FN3O3S/c1-12-14(6-5-13(22-3)15(12)16)23(20,21)18(2)8-4-9-19-10-7-17-11-19/h5-7,10-11H,4,8-9H2,1-3H3. The summed E-state index contributed by atoms with van der Waals surface area (Å²) in [7, 11) is -0.913. The molecule has 0 aliphatic rings. The molecule has 0 bridgehead atoms. The minimum atomic E-state index is -3.75. The fraction of sp³-hybridized carbons (Fsp3) is 0.400. The Morgan fingerprint density at radius 1 is 1.39 bits per heavy atom. The third-order valence-corrected chi connectivity index (χ3v) is 5.66. The van der Waals surface area contributed by atoms with E-state index in [0.717, 1.165) is 0 Å². The molecule has 23 heavy (non-hydrogen) atoms. The Kier molecular flexibility index (Phi) is 5.38. The molecule has 6 nitrogen and oxygen atoms in total. The van der Waals surface area contributed by atoms with Crippen molar-refractivity contribution >= 4 is 10.0 Å². The molecule has 0 aliphatic carbocycles. The van der Waals surface area contributed by atoms with E-state index in [-0.39, 0.29) is 16.2 Å². The second kappa shape index (κ2) is 7.10. The Bertz CT molecular complexity index is 761. The van der Waals surface area contributed by atoms with Crippen LogP contribution in [-0.4, -0.2) is 43.0 Å². The van der Waals surface area contributed by atoms with Crippen molar-refractivity contribution < 1.29 is 17.5 Å². The van der Waals surface area contributed by atoms with Crippen LogP contribution in [0.25, 0.3) is 0 Å². The van der Waals surface area contributed by atoms with Crippen molar-refractivity contribution in [3.05, 3.63) is 42.2 Å². The van der Waals surface area contributed by atoms with Crippen molar-refractivity contribution in [3.63, 3.8) is 0 Å². The summed E-state index contributed by atoms with van der Waals surface area (Å²) in [5.41, 5.74) is 0.0609. The summed E-state index contributed by atoms with van der Waals surface area (Å²) in [6.45, 7) is 2.42. The molecule has 1 heterocycles. The number of sulfonamides is 1. The lowest BCUT2D eigenvalue weighted by Gasteiger charge is -2.19. The van der Waals surface area contributed by atoms with Gasteiger partial charge in [0.25, 0.3) is 0 Å². The summed E-state index contributed by atoms with van der Waals surface area (Å²) in [4.78, 5) is 3.89. The van der Waals surface area contributed by atoms with Crippen molar-refractivity contribution in [2.75, 3.05) is 20.7 Å². The maximum atomic E-state index is 14.1. The Morgan fingerprint density at radius 3 is 2.74 bits per heavy atom. The average Bonchev–Trinajstić information content (AvgIpc) is 3.02. The molecule has 8 heteroatoms. The van der Waals surface area contributed by atoms with E-state index in [1.165, 1.54) is 37.5 Å². The van der Waals surface area contributed by atoms with Crippen LogP contribution in [0.2, 0.25) is 0 Å². The molecule has 2 aromatic rings. The Labute approximate surface area is 135 Å². The molecule has 0 amide bonds. The first-order chi connectivity index (χ1) is 10.9. The summed E-state index contributed by atoms with van der Waals surface area (Å²) in [6.07, 6.45) is 5.79. The Morgan fingerprint density at radius 2 is 2.13 bits per heavy atom. The second-order valence-electron chi connectivity index (χ2n) is 5.19. The molecule has 0 spiro atoms. The number of halogens is 1. The number of imidazole rings is 1. The SMILES string of the molecule is COc1ccc(S(=O)(=O)N(C)CCCn2ccnc2)c(C)c1F. The average molecular weight is 341 g/mol. The molecule has 0 unspecified atom stereocenters. The zero-order chi connectivity index (χ0) is 17.0. The monoisotopic (exact) mass is 341 g/mol. The molecule has 0 saturated heterocycles. The van der Waals surface area contributed by atoms with Gasteiger partial charge >= 0.3 is 0 Å². The van der Waals surface area contributed by atoms with Crippen molar-refractivity contribution in [2.45, 2.75) is 24.8 Å². The minimum Gasteiger partial charge on any atom is -0.494 e. The van der Waals surface area contributed by atoms with E-state index < -0.39 is 15.8 Å². The number of hydrogen-bond acceptors (Lipinski definition) is 4. The predicted molar refractivity (Wildman–Crippen MR) is 84.3 cm³/mol. The lowest BCUT2D eigenvalue weighted by molar-refractivity contribution is 0.383. The molecule has 0 fully saturated rings.